The van der Waals surface area contributed by atoms with Gasteiger partial charge in [-0.3, -0.25) is 19.7 Å². The molecule has 1 saturated heterocycles. The van der Waals surface area contributed by atoms with Crippen LogP contribution in [0.25, 0.3) is 10.9 Å². The summed E-state index contributed by atoms with van der Waals surface area (Å²) in [4.78, 5) is 24.5. The molecule has 5 rings (SSSR count). The van der Waals surface area contributed by atoms with Gasteiger partial charge in [0, 0.05) is 48.5 Å². The Kier molecular flexibility index (Phi) is 12.9. The standard InChI is InChI=1S/C29H38N4O5S2.CH3NO2/c1-37-23-7-9-24(10-8-23)40(35,36)32-14-11-26-25-5-2-3-6-27(25)33(28(26)21-32)22-29(34)30-12-20-39-19-4-13-31-15-17-38-18-16-31;3-1-2-4/h2-3,5-10H,4,11-22H2,1H3,(H,30,34);1,4H,(H,2,3). The average molecular weight is 648 g/mol. The van der Waals surface area contributed by atoms with Gasteiger partial charge in [-0.05, 0) is 61.0 Å². The van der Waals surface area contributed by atoms with Crippen molar-refractivity contribution < 1.29 is 32.7 Å². The molecule has 3 N–H and O–H groups in total. The van der Waals surface area contributed by atoms with Gasteiger partial charge in [0.1, 0.15) is 12.3 Å². The summed E-state index contributed by atoms with van der Waals surface area (Å²) in [5, 5.41) is 11.4. The number of methoxy groups -OCH3 is 1. The minimum Gasteiger partial charge on any atom is -0.497 e. The van der Waals surface area contributed by atoms with Crippen molar-refractivity contribution in [3.8, 4) is 5.75 Å². The molecule has 1 fully saturated rings. The third kappa shape index (κ3) is 8.73. The van der Waals surface area contributed by atoms with Crippen molar-refractivity contribution in [3.05, 3.63) is 59.8 Å². The molecule has 2 aliphatic heterocycles. The summed E-state index contributed by atoms with van der Waals surface area (Å²) in [5.41, 5.74) is 4.22. The van der Waals surface area contributed by atoms with Crippen molar-refractivity contribution in [3.63, 3.8) is 0 Å². The first-order valence-electron chi connectivity index (χ1n) is 14.6. The molecule has 0 saturated carbocycles. The highest BCUT2D eigenvalue weighted by Gasteiger charge is 2.32. The molecule has 240 valence electrons. The fraction of sp³-hybridized carbons (Fsp3) is 0.467. The minimum absolute atomic E-state index is 0.0624. The van der Waals surface area contributed by atoms with Crippen molar-refractivity contribution in [2.24, 2.45) is 0 Å². The first-order chi connectivity index (χ1) is 21.4. The summed E-state index contributed by atoms with van der Waals surface area (Å²) >= 11 is 1.86. The van der Waals surface area contributed by atoms with Crippen molar-refractivity contribution in [1.82, 2.24) is 24.6 Å². The maximum atomic E-state index is 13.5. The van der Waals surface area contributed by atoms with Crippen LogP contribution < -0.4 is 15.5 Å². The summed E-state index contributed by atoms with van der Waals surface area (Å²) in [6, 6.07) is 14.5. The second-order valence-corrected chi connectivity index (χ2v) is 13.5. The van der Waals surface area contributed by atoms with E-state index in [0.717, 1.165) is 72.9 Å². The zero-order chi connectivity index (χ0) is 31.4. The van der Waals surface area contributed by atoms with Gasteiger partial charge in [0.25, 0.3) is 0 Å². The van der Waals surface area contributed by atoms with Crippen LogP contribution in [-0.4, -0.2) is 104 Å². The molecular formula is C30H41N5O7S2. The monoisotopic (exact) mass is 647 g/mol. The van der Waals surface area contributed by atoms with Gasteiger partial charge in [0.15, 0.2) is 0 Å². The lowest BCUT2D eigenvalue weighted by molar-refractivity contribution is -0.121. The van der Waals surface area contributed by atoms with E-state index in [-0.39, 0.29) is 30.3 Å². The van der Waals surface area contributed by atoms with Crippen LogP contribution in [0.1, 0.15) is 17.7 Å². The summed E-state index contributed by atoms with van der Waals surface area (Å²) in [5.74, 6) is 2.49. The number of carbonyl (C=O) groups excluding carboxylic acids is 2. The van der Waals surface area contributed by atoms with Gasteiger partial charge in [-0.1, -0.05) is 18.2 Å². The molecule has 3 heterocycles. The number of amides is 2. The maximum Gasteiger partial charge on any atom is 0.243 e. The van der Waals surface area contributed by atoms with E-state index in [1.54, 1.807) is 31.4 Å². The molecule has 0 bridgehead atoms. The number of nitrogens with zero attached hydrogens (tertiary/aromatic N) is 3. The van der Waals surface area contributed by atoms with E-state index >= 15 is 0 Å². The molecule has 12 nitrogen and oxygen atoms in total. The van der Waals surface area contributed by atoms with E-state index in [4.69, 9.17) is 19.5 Å². The molecule has 3 aromatic rings. The van der Waals surface area contributed by atoms with E-state index in [2.05, 4.69) is 16.3 Å². The molecule has 2 amide bonds. The molecule has 2 aliphatic rings. The number of hydrogen-bond acceptors (Lipinski definition) is 9. The van der Waals surface area contributed by atoms with Crippen LogP contribution in [0, 0.1) is 0 Å². The molecule has 0 spiro atoms. The van der Waals surface area contributed by atoms with E-state index < -0.39 is 10.0 Å². The van der Waals surface area contributed by atoms with Gasteiger partial charge in [-0.25, -0.2) is 13.9 Å². The maximum absolute atomic E-state index is 13.5. The highest BCUT2D eigenvalue weighted by molar-refractivity contribution is 7.99. The summed E-state index contributed by atoms with van der Waals surface area (Å²) in [6.07, 6.45) is 1.91. The van der Waals surface area contributed by atoms with Crippen molar-refractivity contribution >= 4 is 45.0 Å². The van der Waals surface area contributed by atoms with Gasteiger partial charge >= 0.3 is 0 Å². The Morgan fingerprint density at radius 1 is 1.09 bits per heavy atom. The van der Waals surface area contributed by atoms with Crippen LogP contribution in [-0.2, 0) is 43.9 Å². The summed E-state index contributed by atoms with van der Waals surface area (Å²) in [6.45, 7) is 6.18. The number of para-hydroxylation sites is 1. The number of hydroxylamine groups is 1. The largest absolute Gasteiger partial charge is 0.497 e. The molecule has 44 heavy (non-hydrogen) atoms. The normalized spacial score (nSPS) is 15.6. The lowest BCUT2D eigenvalue weighted by atomic mass is 10.0. The number of nitrogens with one attached hydrogen (secondary N) is 2. The average Bonchev–Trinajstić information content (AvgIpc) is 3.37. The Morgan fingerprint density at radius 2 is 1.82 bits per heavy atom. The van der Waals surface area contributed by atoms with Crippen molar-refractivity contribution in [2.75, 3.05) is 64.6 Å². The number of morpholine rings is 1. The topological polar surface area (TPSA) is 142 Å². The summed E-state index contributed by atoms with van der Waals surface area (Å²) < 4.78 is 41.0. The third-order valence-electron chi connectivity index (χ3n) is 7.62. The number of aromatic nitrogens is 1. The van der Waals surface area contributed by atoms with Crippen LogP contribution in [0.3, 0.4) is 0 Å². The molecule has 1 aromatic heterocycles. The first-order valence-corrected chi connectivity index (χ1v) is 17.2. The van der Waals surface area contributed by atoms with E-state index in [0.29, 0.717) is 25.3 Å². The fourth-order valence-electron chi connectivity index (χ4n) is 5.43. The number of ether oxygens (including phenoxy) is 2. The molecule has 0 aliphatic carbocycles. The highest BCUT2D eigenvalue weighted by atomic mass is 32.2. The number of sulfonamides is 1. The molecular weight excluding hydrogens is 606 g/mol. The Bertz CT molecular complexity index is 1470. The SMILES string of the molecule is COc1ccc(S(=O)(=O)N2CCc3c(n(CC(=O)NCCSCCCN4CCOCC4)c4ccccc34)C2)cc1.O=CNO. The van der Waals surface area contributed by atoms with Gasteiger partial charge < -0.3 is 19.4 Å². The number of thioether (sulfide) groups is 1. The predicted octanol–water partition coefficient (Wildman–Crippen LogP) is 2.09. The third-order valence-corrected chi connectivity index (χ3v) is 10.5. The van der Waals surface area contributed by atoms with Crippen LogP contribution in [0.4, 0.5) is 0 Å². The van der Waals surface area contributed by atoms with Gasteiger partial charge in [0.2, 0.25) is 22.3 Å². The van der Waals surface area contributed by atoms with Gasteiger partial charge in [-0.15, -0.1) is 0 Å². The number of benzene rings is 2. The zero-order valence-electron chi connectivity index (χ0n) is 24.9. The Morgan fingerprint density at radius 3 is 2.52 bits per heavy atom. The lowest BCUT2D eigenvalue weighted by Gasteiger charge is -2.28. The summed E-state index contributed by atoms with van der Waals surface area (Å²) in [7, 11) is -2.14. The second-order valence-electron chi connectivity index (χ2n) is 10.3. The van der Waals surface area contributed by atoms with Crippen molar-refractivity contribution in [1.29, 1.82) is 0 Å². The number of carbonyl (C=O) groups is 2. The quantitative estimate of drug-likeness (QED) is 0.110. The number of hydrogen-bond donors (Lipinski definition) is 3. The van der Waals surface area contributed by atoms with E-state index in [9.17, 15) is 13.2 Å². The van der Waals surface area contributed by atoms with Gasteiger partial charge in [-0.2, -0.15) is 16.1 Å². The van der Waals surface area contributed by atoms with Crippen LogP contribution >= 0.6 is 11.8 Å². The van der Waals surface area contributed by atoms with E-state index in [1.165, 1.54) is 9.79 Å². The molecule has 2 aromatic carbocycles. The Balaban J connectivity index is 0.00000104. The smallest absolute Gasteiger partial charge is 0.243 e. The molecule has 0 atom stereocenters. The fourth-order valence-corrected chi connectivity index (χ4v) is 7.62. The predicted molar refractivity (Wildman–Crippen MR) is 169 cm³/mol. The Labute approximate surface area is 262 Å². The molecule has 0 radical (unpaired) electrons. The molecule has 14 heteroatoms. The number of fused-ring (bicyclic) bond motifs is 3. The molecule has 0 unspecified atom stereocenters. The Hall–Kier alpha value is -3.14. The second kappa shape index (κ2) is 16.8. The van der Waals surface area contributed by atoms with Crippen LogP contribution in [0.2, 0.25) is 0 Å². The zero-order valence-corrected chi connectivity index (χ0v) is 26.6. The van der Waals surface area contributed by atoms with Crippen LogP contribution in [0.5, 0.6) is 5.75 Å². The lowest BCUT2D eigenvalue weighted by Crippen LogP contribution is -2.37. The van der Waals surface area contributed by atoms with E-state index in [1.807, 2.05) is 34.5 Å². The number of rotatable bonds is 13. The highest BCUT2D eigenvalue weighted by Crippen LogP contribution is 2.33. The minimum atomic E-state index is -3.69. The first kappa shape index (κ1) is 33.7. The van der Waals surface area contributed by atoms with Gasteiger partial charge in [0.05, 0.1) is 31.8 Å². The van der Waals surface area contributed by atoms with Crippen molar-refractivity contribution in [2.45, 2.75) is 30.8 Å². The van der Waals surface area contributed by atoms with Crippen LogP contribution in [0.15, 0.2) is 53.4 Å².